The van der Waals surface area contributed by atoms with Crippen molar-refractivity contribution in [2.45, 2.75) is 0 Å². The first-order valence-corrected chi connectivity index (χ1v) is 5.56. The lowest BCUT2D eigenvalue weighted by Crippen LogP contribution is -2.16. The normalized spacial score (nSPS) is 11.5. The van der Waals surface area contributed by atoms with E-state index in [1.54, 1.807) is 25.3 Å². The molecule has 0 aliphatic heterocycles. The molecule has 0 aromatic heterocycles. The molecule has 0 saturated carbocycles. The van der Waals surface area contributed by atoms with Crippen LogP contribution >= 0.6 is 0 Å². The lowest BCUT2D eigenvalue weighted by Gasteiger charge is -2.10. The average Bonchev–Trinajstić information content (AvgIpc) is 2.42. The second kappa shape index (κ2) is 8.32. The Morgan fingerprint density at radius 1 is 1.22 bits per heavy atom. The summed E-state index contributed by atoms with van der Waals surface area (Å²) in [7, 11) is 1.62. The molecule has 0 fully saturated rings. The largest absolute Gasteiger partial charge is 0.490 e. The van der Waals surface area contributed by atoms with E-state index in [9.17, 15) is 0 Å². The summed E-state index contributed by atoms with van der Waals surface area (Å²) in [5, 5.41) is 11.6. The number of para-hydroxylation sites is 1. The van der Waals surface area contributed by atoms with E-state index in [0.29, 0.717) is 37.7 Å². The van der Waals surface area contributed by atoms with Gasteiger partial charge in [0.1, 0.15) is 12.4 Å². The predicted molar refractivity (Wildman–Crippen MR) is 67.1 cm³/mol. The van der Waals surface area contributed by atoms with Crippen LogP contribution in [0.5, 0.6) is 5.75 Å². The number of hydrogen-bond acceptors (Lipinski definition) is 5. The van der Waals surface area contributed by atoms with Crippen molar-refractivity contribution in [3.05, 3.63) is 29.8 Å². The Morgan fingerprint density at radius 2 is 1.94 bits per heavy atom. The number of hydrogen-bond donors (Lipinski definition) is 2. The number of benzene rings is 1. The summed E-state index contributed by atoms with van der Waals surface area (Å²) >= 11 is 0. The highest BCUT2D eigenvalue weighted by Crippen LogP contribution is 2.17. The van der Waals surface area contributed by atoms with E-state index in [1.165, 1.54) is 0 Å². The number of nitrogens with two attached hydrogens (primary N) is 1. The molecule has 0 aliphatic carbocycles. The maximum atomic E-state index is 8.65. The fourth-order valence-corrected chi connectivity index (χ4v) is 1.31. The smallest absolute Gasteiger partial charge is 0.173 e. The molecule has 6 nitrogen and oxygen atoms in total. The van der Waals surface area contributed by atoms with Gasteiger partial charge in [0.25, 0.3) is 0 Å². The number of oxime groups is 1. The minimum atomic E-state index is 0.0194. The van der Waals surface area contributed by atoms with Gasteiger partial charge in [-0.3, -0.25) is 0 Å². The molecular weight excluding hydrogens is 236 g/mol. The van der Waals surface area contributed by atoms with Gasteiger partial charge in [0.2, 0.25) is 0 Å². The quantitative estimate of drug-likeness (QED) is 0.236. The lowest BCUT2D eigenvalue weighted by atomic mass is 10.2. The highest BCUT2D eigenvalue weighted by Gasteiger charge is 2.06. The van der Waals surface area contributed by atoms with Crippen molar-refractivity contribution < 1.29 is 19.4 Å². The molecule has 0 unspecified atom stereocenters. The van der Waals surface area contributed by atoms with Crippen molar-refractivity contribution in [3.63, 3.8) is 0 Å². The van der Waals surface area contributed by atoms with Gasteiger partial charge in [-0.2, -0.15) is 0 Å². The molecule has 100 valence electrons. The Kier molecular flexibility index (Phi) is 6.60. The van der Waals surface area contributed by atoms with Crippen molar-refractivity contribution in [1.29, 1.82) is 0 Å². The molecule has 0 aliphatic rings. The average molecular weight is 254 g/mol. The fourth-order valence-electron chi connectivity index (χ4n) is 1.31. The number of rotatable bonds is 8. The van der Waals surface area contributed by atoms with E-state index in [1.807, 2.05) is 6.07 Å². The molecule has 0 spiro atoms. The summed E-state index contributed by atoms with van der Waals surface area (Å²) in [6.07, 6.45) is 0. The Bertz CT molecular complexity index is 382. The van der Waals surface area contributed by atoms with Crippen LogP contribution in [0.3, 0.4) is 0 Å². The molecule has 0 heterocycles. The van der Waals surface area contributed by atoms with Gasteiger partial charge >= 0.3 is 0 Å². The molecule has 0 atom stereocenters. The van der Waals surface area contributed by atoms with Crippen LogP contribution in [0.2, 0.25) is 0 Å². The van der Waals surface area contributed by atoms with E-state index >= 15 is 0 Å². The summed E-state index contributed by atoms with van der Waals surface area (Å²) in [5.74, 6) is 0.578. The van der Waals surface area contributed by atoms with Crippen LogP contribution in [-0.2, 0) is 9.47 Å². The van der Waals surface area contributed by atoms with E-state index in [4.69, 9.17) is 25.2 Å². The van der Waals surface area contributed by atoms with E-state index < -0.39 is 0 Å². The highest BCUT2D eigenvalue weighted by atomic mass is 16.5. The minimum absolute atomic E-state index is 0.0194. The van der Waals surface area contributed by atoms with Gasteiger partial charge in [-0.05, 0) is 12.1 Å². The number of nitrogens with zero attached hydrogens (tertiary/aromatic N) is 1. The van der Waals surface area contributed by atoms with Crippen molar-refractivity contribution in [3.8, 4) is 5.75 Å². The topological polar surface area (TPSA) is 86.3 Å². The monoisotopic (exact) mass is 254 g/mol. The maximum absolute atomic E-state index is 8.65. The first kappa shape index (κ1) is 14.3. The molecule has 0 saturated heterocycles. The Hall–Kier alpha value is -1.79. The zero-order valence-corrected chi connectivity index (χ0v) is 10.3. The molecule has 6 heteroatoms. The minimum Gasteiger partial charge on any atom is -0.490 e. The number of methoxy groups -OCH3 is 1. The Morgan fingerprint density at radius 3 is 2.67 bits per heavy atom. The van der Waals surface area contributed by atoms with Gasteiger partial charge in [-0.15, -0.1) is 0 Å². The molecule has 0 amide bonds. The van der Waals surface area contributed by atoms with Gasteiger partial charge in [-0.25, -0.2) is 0 Å². The van der Waals surface area contributed by atoms with Crippen LogP contribution in [0.25, 0.3) is 0 Å². The lowest BCUT2D eigenvalue weighted by molar-refractivity contribution is 0.0544. The number of amidine groups is 1. The molecule has 18 heavy (non-hydrogen) atoms. The zero-order valence-electron chi connectivity index (χ0n) is 10.3. The van der Waals surface area contributed by atoms with Crippen LogP contribution in [0, 0.1) is 0 Å². The van der Waals surface area contributed by atoms with Gasteiger partial charge in [0.05, 0.1) is 25.4 Å². The van der Waals surface area contributed by atoms with Crippen molar-refractivity contribution >= 4 is 5.84 Å². The third-order valence-electron chi connectivity index (χ3n) is 2.19. The summed E-state index contributed by atoms with van der Waals surface area (Å²) in [6, 6.07) is 7.07. The van der Waals surface area contributed by atoms with E-state index in [0.717, 1.165) is 0 Å². The van der Waals surface area contributed by atoms with Gasteiger partial charge in [0.15, 0.2) is 5.84 Å². The van der Waals surface area contributed by atoms with E-state index in [-0.39, 0.29) is 5.84 Å². The standard InChI is InChI=1S/C12H18N2O4/c1-16-6-7-17-8-9-18-11-5-3-2-4-10(11)12(13)14-15/h2-5,15H,6-9H2,1H3,(H2,13,14). The van der Waals surface area contributed by atoms with Crippen LogP contribution < -0.4 is 10.5 Å². The molecule has 0 radical (unpaired) electrons. The SMILES string of the molecule is COCCOCCOc1ccccc1C(N)=NO. The first-order valence-electron chi connectivity index (χ1n) is 5.56. The van der Waals surface area contributed by atoms with Crippen LogP contribution in [0.1, 0.15) is 5.56 Å². The van der Waals surface area contributed by atoms with Crippen molar-refractivity contribution in [2.24, 2.45) is 10.9 Å². The summed E-state index contributed by atoms with van der Waals surface area (Å²) in [6.45, 7) is 1.93. The van der Waals surface area contributed by atoms with Gasteiger partial charge in [0, 0.05) is 7.11 Å². The molecule has 0 bridgehead atoms. The van der Waals surface area contributed by atoms with Crippen LogP contribution in [0.4, 0.5) is 0 Å². The van der Waals surface area contributed by atoms with Crippen molar-refractivity contribution in [2.75, 3.05) is 33.5 Å². The second-order valence-corrected chi connectivity index (χ2v) is 3.44. The number of ether oxygens (including phenoxy) is 3. The summed E-state index contributed by atoms with van der Waals surface area (Å²) in [5.41, 5.74) is 6.09. The molecule has 1 aromatic carbocycles. The van der Waals surface area contributed by atoms with Crippen LogP contribution in [-0.4, -0.2) is 44.6 Å². The van der Waals surface area contributed by atoms with Gasteiger partial charge < -0.3 is 25.2 Å². The highest BCUT2D eigenvalue weighted by molar-refractivity contribution is 5.99. The Labute approximate surface area is 106 Å². The molecular formula is C12H18N2O4. The maximum Gasteiger partial charge on any atom is 0.173 e. The fraction of sp³-hybridized carbons (Fsp3) is 0.417. The van der Waals surface area contributed by atoms with Crippen LogP contribution in [0.15, 0.2) is 29.4 Å². The van der Waals surface area contributed by atoms with E-state index in [2.05, 4.69) is 5.16 Å². The second-order valence-electron chi connectivity index (χ2n) is 3.44. The third-order valence-corrected chi connectivity index (χ3v) is 2.19. The van der Waals surface area contributed by atoms with Gasteiger partial charge in [-0.1, -0.05) is 17.3 Å². The Balaban J connectivity index is 2.42. The summed E-state index contributed by atoms with van der Waals surface area (Å²) in [4.78, 5) is 0. The predicted octanol–water partition coefficient (Wildman–Crippen LogP) is 0.823. The molecule has 1 rings (SSSR count). The summed E-state index contributed by atoms with van der Waals surface area (Å²) < 4.78 is 15.6. The zero-order chi connectivity index (χ0) is 13.2. The van der Waals surface area contributed by atoms with Crippen molar-refractivity contribution in [1.82, 2.24) is 0 Å². The molecule has 3 N–H and O–H groups in total. The third kappa shape index (κ3) is 4.60. The molecule has 1 aromatic rings. The first-order chi connectivity index (χ1) is 8.79.